The molecule has 0 spiro atoms. The quantitative estimate of drug-likeness (QED) is 0.833. The molecule has 0 aliphatic heterocycles. The van der Waals surface area contributed by atoms with Crippen LogP contribution in [0.25, 0.3) is 0 Å². The second-order valence-corrected chi connectivity index (χ2v) is 7.29. The van der Waals surface area contributed by atoms with Crippen LogP contribution in [0.4, 0.5) is 5.69 Å². The fraction of sp³-hybridized carbons (Fsp3) is 0.500. The Morgan fingerprint density at radius 3 is 2.62 bits per heavy atom. The van der Waals surface area contributed by atoms with E-state index in [2.05, 4.69) is 5.32 Å². The van der Waals surface area contributed by atoms with Crippen LogP contribution in [-0.2, 0) is 14.8 Å². The predicted molar refractivity (Wildman–Crippen MR) is 86.2 cm³/mol. The zero-order valence-electron chi connectivity index (χ0n) is 12.5. The van der Waals surface area contributed by atoms with Crippen LogP contribution < -0.4 is 9.62 Å². The zero-order valence-corrected chi connectivity index (χ0v) is 14.0. The first-order chi connectivity index (χ1) is 9.74. The van der Waals surface area contributed by atoms with Crippen molar-refractivity contribution in [2.24, 2.45) is 0 Å². The number of carbonyl (C=O) groups excluding carboxylic acids is 1. The Hall–Kier alpha value is -1.27. The molecule has 1 amide bonds. The largest absolute Gasteiger partial charge is 0.354 e. The molecule has 1 N–H and O–H groups in total. The summed E-state index contributed by atoms with van der Waals surface area (Å²) in [6.45, 7) is 3.96. The van der Waals surface area contributed by atoms with Crippen LogP contribution in [0.5, 0.6) is 0 Å². The molecule has 0 bridgehead atoms. The van der Waals surface area contributed by atoms with Crippen molar-refractivity contribution in [2.45, 2.75) is 32.7 Å². The summed E-state index contributed by atoms with van der Waals surface area (Å²) in [6.07, 6.45) is 2.04. The average Bonchev–Trinajstić information content (AvgIpc) is 2.37. The fourth-order valence-corrected chi connectivity index (χ4v) is 2.87. The normalized spacial score (nSPS) is 12.8. The molecule has 1 atom stereocenters. The van der Waals surface area contributed by atoms with Crippen LogP contribution in [0.2, 0.25) is 5.02 Å². The van der Waals surface area contributed by atoms with Gasteiger partial charge >= 0.3 is 0 Å². The highest BCUT2D eigenvalue weighted by atomic mass is 35.5. The van der Waals surface area contributed by atoms with E-state index in [1.165, 1.54) is 4.31 Å². The van der Waals surface area contributed by atoms with Crippen molar-refractivity contribution < 1.29 is 13.2 Å². The van der Waals surface area contributed by atoms with Gasteiger partial charge in [0.05, 0.1) is 11.9 Å². The molecule has 21 heavy (non-hydrogen) atoms. The lowest BCUT2D eigenvalue weighted by molar-refractivity contribution is -0.121. The third-order valence-electron chi connectivity index (χ3n) is 3.06. The van der Waals surface area contributed by atoms with Gasteiger partial charge in [-0.15, -0.1) is 0 Å². The molecule has 5 nitrogen and oxygen atoms in total. The van der Waals surface area contributed by atoms with E-state index >= 15 is 0 Å². The maximum atomic E-state index is 11.9. The Morgan fingerprint density at radius 1 is 1.43 bits per heavy atom. The number of halogens is 1. The van der Waals surface area contributed by atoms with Crippen LogP contribution in [0.3, 0.4) is 0 Å². The minimum atomic E-state index is -3.47. The molecule has 0 aliphatic rings. The van der Waals surface area contributed by atoms with Gasteiger partial charge in [-0.05, 0) is 31.5 Å². The number of anilines is 1. The molecule has 118 valence electrons. The fourth-order valence-electron chi connectivity index (χ4n) is 1.77. The summed E-state index contributed by atoms with van der Waals surface area (Å²) in [5, 5.41) is 3.26. The predicted octanol–water partition coefficient (Wildman–Crippen LogP) is 2.41. The number of hydrogen-bond acceptors (Lipinski definition) is 3. The first-order valence-electron chi connectivity index (χ1n) is 6.76. The van der Waals surface area contributed by atoms with Gasteiger partial charge in [-0.1, -0.05) is 24.6 Å². The first kappa shape index (κ1) is 17.8. The Kier molecular flexibility index (Phi) is 6.48. The average molecular weight is 333 g/mol. The highest BCUT2D eigenvalue weighted by Gasteiger charge is 2.19. The van der Waals surface area contributed by atoms with Gasteiger partial charge < -0.3 is 5.32 Å². The molecule has 0 fully saturated rings. The smallest absolute Gasteiger partial charge is 0.232 e. The minimum absolute atomic E-state index is 0.0790. The van der Waals surface area contributed by atoms with Crippen molar-refractivity contribution in [3.63, 3.8) is 0 Å². The Bertz CT molecular complexity index is 590. The maximum absolute atomic E-state index is 11.9. The van der Waals surface area contributed by atoms with Gasteiger partial charge in [0.25, 0.3) is 0 Å². The van der Waals surface area contributed by atoms with Gasteiger partial charge in [-0.25, -0.2) is 8.42 Å². The van der Waals surface area contributed by atoms with Crippen LogP contribution in [0, 0.1) is 0 Å². The molecule has 7 heteroatoms. The molecule has 1 aromatic rings. The molecule has 0 radical (unpaired) electrons. The summed E-state index contributed by atoms with van der Waals surface area (Å²) in [5.41, 5.74) is 0.460. The Labute approximate surface area is 131 Å². The molecule has 0 saturated carbocycles. The van der Waals surface area contributed by atoms with E-state index in [1.807, 2.05) is 13.8 Å². The second-order valence-electron chi connectivity index (χ2n) is 4.94. The molecule has 1 unspecified atom stereocenters. The lowest BCUT2D eigenvalue weighted by Gasteiger charge is -2.22. The highest BCUT2D eigenvalue weighted by Crippen LogP contribution is 2.21. The van der Waals surface area contributed by atoms with E-state index in [9.17, 15) is 13.2 Å². The van der Waals surface area contributed by atoms with E-state index in [4.69, 9.17) is 11.6 Å². The van der Waals surface area contributed by atoms with Gasteiger partial charge in [0, 0.05) is 24.0 Å². The van der Waals surface area contributed by atoms with Crippen molar-refractivity contribution in [1.29, 1.82) is 0 Å². The molecular weight excluding hydrogens is 312 g/mol. The summed E-state index contributed by atoms with van der Waals surface area (Å²) in [7, 11) is -3.47. The Balaban J connectivity index is 2.80. The summed E-state index contributed by atoms with van der Waals surface area (Å²) in [6, 6.07) is 6.64. The number of carbonyl (C=O) groups is 1. The molecule has 0 aromatic heterocycles. The minimum Gasteiger partial charge on any atom is -0.354 e. The molecule has 0 aliphatic carbocycles. The van der Waals surface area contributed by atoms with Gasteiger partial charge in [-0.3, -0.25) is 9.10 Å². The van der Waals surface area contributed by atoms with Crippen molar-refractivity contribution in [2.75, 3.05) is 17.1 Å². The van der Waals surface area contributed by atoms with E-state index in [0.717, 1.165) is 12.7 Å². The van der Waals surface area contributed by atoms with E-state index in [1.54, 1.807) is 24.3 Å². The van der Waals surface area contributed by atoms with Crippen LogP contribution >= 0.6 is 11.6 Å². The molecular formula is C14H21ClN2O3S. The van der Waals surface area contributed by atoms with Crippen molar-refractivity contribution in [3.8, 4) is 0 Å². The molecule has 1 aromatic carbocycles. The number of amides is 1. The van der Waals surface area contributed by atoms with Gasteiger partial charge in [0.2, 0.25) is 15.9 Å². The number of rotatable bonds is 7. The second kappa shape index (κ2) is 7.66. The standard InChI is InChI=1S/C14H21ClN2O3S/c1-4-11(2)16-14(18)8-9-17(21(3,19)20)13-7-5-6-12(15)10-13/h5-7,10-11H,4,8-9H2,1-3H3,(H,16,18). The first-order valence-corrected chi connectivity index (χ1v) is 8.99. The lowest BCUT2D eigenvalue weighted by atomic mass is 10.2. The van der Waals surface area contributed by atoms with E-state index < -0.39 is 10.0 Å². The number of nitrogens with zero attached hydrogens (tertiary/aromatic N) is 1. The third-order valence-corrected chi connectivity index (χ3v) is 4.49. The summed E-state index contributed by atoms with van der Waals surface area (Å²) < 4.78 is 25.0. The SMILES string of the molecule is CCC(C)NC(=O)CCN(c1cccc(Cl)c1)S(C)(=O)=O. The van der Waals surface area contributed by atoms with Gasteiger partial charge in [-0.2, -0.15) is 0 Å². The summed E-state index contributed by atoms with van der Waals surface area (Å²) in [5.74, 6) is -0.167. The van der Waals surface area contributed by atoms with E-state index in [-0.39, 0.29) is 24.9 Å². The summed E-state index contributed by atoms with van der Waals surface area (Å²) in [4.78, 5) is 11.8. The number of sulfonamides is 1. The van der Waals surface area contributed by atoms with Gasteiger partial charge in [0.1, 0.15) is 0 Å². The van der Waals surface area contributed by atoms with Crippen LogP contribution in [0.1, 0.15) is 26.7 Å². The van der Waals surface area contributed by atoms with E-state index in [0.29, 0.717) is 10.7 Å². The Morgan fingerprint density at radius 2 is 2.10 bits per heavy atom. The maximum Gasteiger partial charge on any atom is 0.232 e. The molecule has 1 rings (SSSR count). The van der Waals surface area contributed by atoms with Crippen LogP contribution in [0.15, 0.2) is 24.3 Å². The monoisotopic (exact) mass is 332 g/mol. The summed E-state index contributed by atoms with van der Waals surface area (Å²) >= 11 is 5.89. The molecule has 0 saturated heterocycles. The van der Waals surface area contributed by atoms with Crippen molar-refractivity contribution >= 4 is 33.2 Å². The molecule has 0 heterocycles. The number of hydrogen-bond donors (Lipinski definition) is 1. The third kappa shape index (κ3) is 5.93. The number of nitrogens with one attached hydrogen (secondary N) is 1. The number of benzene rings is 1. The van der Waals surface area contributed by atoms with Crippen molar-refractivity contribution in [3.05, 3.63) is 29.3 Å². The van der Waals surface area contributed by atoms with Crippen molar-refractivity contribution in [1.82, 2.24) is 5.32 Å². The van der Waals surface area contributed by atoms with Gasteiger partial charge in [0.15, 0.2) is 0 Å². The van der Waals surface area contributed by atoms with Crippen LogP contribution in [-0.4, -0.2) is 33.2 Å². The lowest BCUT2D eigenvalue weighted by Crippen LogP contribution is -2.37. The zero-order chi connectivity index (χ0) is 16.0. The highest BCUT2D eigenvalue weighted by molar-refractivity contribution is 7.92. The topological polar surface area (TPSA) is 66.5 Å².